The zero-order valence-corrected chi connectivity index (χ0v) is 12.8. The van der Waals surface area contributed by atoms with E-state index < -0.39 is 5.97 Å². The van der Waals surface area contributed by atoms with E-state index >= 15 is 0 Å². The average Bonchev–Trinajstić information content (AvgIpc) is 2.92. The molecule has 5 nitrogen and oxygen atoms in total. The van der Waals surface area contributed by atoms with Gasteiger partial charge in [-0.1, -0.05) is 6.07 Å². The highest BCUT2D eigenvalue weighted by Gasteiger charge is 2.08. The highest BCUT2D eigenvalue weighted by molar-refractivity contribution is 7.09. The molecule has 0 unspecified atom stereocenters. The minimum Gasteiger partial charge on any atom is -0.493 e. The summed E-state index contributed by atoms with van der Waals surface area (Å²) < 4.78 is 10.5. The zero-order chi connectivity index (χ0) is 15.2. The van der Waals surface area contributed by atoms with E-state index in [1.165, 1.54) is 0 Å². The van der Waals surface area contributed by atoms with Crippen LogP contribution in [0.4, 0.5) is 0 Å². The van der Waals surface area contributed by atoms with Crippen molar-refractivity contribution < 1.29 is 19.4 Å². The summed E-state index contributed by atoms with van der Waals surface area (Å²) in [6.45, 7) is 0. The van der Waals surface area contributed by atoms with E-state index in [2.05, 4.69) is 4.98 Å². The molecule has 0 bridgehead atoms. The summed E-state index contributed by atoms with van der Waals surface area (Å²) in [4.78, 5) is 15.0. The van der Waals surface area contributed by atoms with Gasteiger partial charge in [-0.05, 0) is 17.7 Å². The minimum atomic E-state index is -0.801. The van der Waals surface area contributed by atoms with Gasteiger partial charge in [0.15, 0.2) is 11.5 Å². The van der Waals surface area contributed by atoms with Crippen molar-refractivity contribution in [3.63, 3.8) is 0 Å². The fourth-order valence-electron chi connectivity index (χ4n) is 1.95. The Labute approximate surface area is 127 Å². The SMILES string of the molecule is COc1ccc(Cc2nc(CCC(=O)O)cs2)cc1OC. The second kappa shape index (κ2) is 7.08. The number of ether oxygens (including phenoxy) is 2. The number of aryl methyl sites for hydroxylation is 1. The Morgan fingerprint density at radius 2 is 2.05 bits per heavy atom. The summed E-state index contributed by atoms with van der Waals surface area (Å²) in [5.74, 6) is 0.588. The van der Waals surface area contributed by atoms with Crippen LogP contribution >= 0.6 is 11.3 Å². The third-order valence-electron chi connectivity index (χ3n) is 3.00. The third kappa shape index (κ3) is 4.19. The smallest absolute Gasteiger partial charge is 0.303 e. The number of aromatic nitrogens is 1. The van der Waals surface area contributed by atoms with Gasteiger partial charge < -0.3 is 14.6 Å². The monoisotopic (exact) mass is 307 g/mol. The topological polar surface area (TPSA) is 68.7 Å². The first-order valence-corrected chi connectivity index (χ1v) is 7.36. The van der Waals surface area contributed by atoms with Crippen LogP contribution in [0.15, 0.2) is 23.6 Å². The predicted octanol–water partition coefficient (Wildman–Crippen LogP) is 2.77. The molecule has 2 aromatic rings. The summed E-state index contributed by atoms with van der Waals surface area (Å²) in [7, 11) is 3.21. The van der Waals surface area contributed by atoms with Gasteiger partial charge in [0.1, 0.15) is 0 Å². The second-order valence-electron chi connectivity index (χ2n) is 4.49. The van der Waals surface area contributed by atoms with Crippen LogP contribution in [0.1, 0.15) is 22.7 Å². The van der Waals surface area contributed by atoms with Crippen molar-refractivity contribution in [2.45, 2.75) is 19.3 Å². The molecule has 0 amide bonds. The third-order valence-corrected chi connectivity index (χ3v) is 3.90. The van der Waals surface area contributed by atoms with Crippen LogP contribution in [0.25, 0.3) is 0 Å². The molecular formula is C15H17NO4S. The van der Waals surface area contributed by atoms with E-state index in [-0.39, 0.29) is 6.42 Å². The quantitative estimate of drug-likeness (QED) is 0.852. The number of carboxylic acid groups (broad SMARTS) is 1. The number of nitrogens with zero attached hydrogens (tertiary/aromatic N) is 1. The maximum Gasteiger partial charge on any atom is 0.303 e. The van der Waals surface area contributed by atoms with Crippen LogP contribution < -0.4 is 9.47 Å². The maximum absolute atomic E-state index is 10.6. The van der Waals surface area contributed by atoms with E-state index in [4.69, 9.17) is 14.6 Å². The average molecular weight is 307 g/mol. The Hall–Kier alpha value is -2.08. The number of methoxy groups -OCH3 is 2. The molecular weight excluding hydrogens is 290 g/mol. The van der Waals surface area contributed by atoms with E-state index in [1.807, 2.05) is 23.6 Å². The Morgan fingerprint density at radius 1 is 1.29 bits per heavy atom. The highest BCUT2D eigenvalue weighted by Crippen LogP contribution is 2.28. The van der Waals surface area contributed by atoms with Gasteiger partial charge in [0.05, 0.1) is 31.3 Å². The molecule has 0 aliphatic rings. The number of hydrogen-bond donors (Lipinski definition) is 1. The zero-order valence-electron chi connectivity index (χ0n) is 12.0. The van der Waals surface area contributed by atoms with Crippen LogP contribution in [-0.2, 0) is 17.6 Å². The molecule has 0 saturated heterocycles. The van der Waals surface area contributed by atoms with Gasteiger partial charge in [0, 0.05) is 18.2 Å². The van der Waals surface area contributed by atoms with E-state index in [1.54, 1.807) is 25.6 Å². The van der Waals surface area contributed by atoms with Crippen LogP contribution in [-0.4, -0.2) is 30.3 Å². The molecule has 6 heteroatoms. The lowest BCUT2D eigenvalue weighted by atomic mass is 10.1. The molecule has 0 atom stereocenters. The van der Waals surface area contributed by atoms with Crippen LogP contribution in [0.3, 0.4) is 0 Å². The number of rotatable bonds is 7. The molecule has 0 saturated carbocycles. The first-order chi connectivity index (χ1) is 10.1. The minimum absolute atomic E-state index is 0.111. The lowest BCUT2D eigenvalue weighted by Gasteiger charge is -2.08. The normalized spacial score (nSPS) is 10.4. The molecule has 1 N–H and O–H groups in total. The molecule has 21 heavy (non-hydrogen) atoms. The van der Waals surface area contributed by atoms with Gasteiger partial charge in [-0.2, -0.15) is 0 Å². The van der Waals surface area contributed by atoms with Crippen molar-refractivity contribution in [2.75, 3.05) is 14.2 Å². The Balaban J connectivity index is 2.06. The number of carbonyl (C=O) groups is 1. The standard InChI is InChI=1S/C15H17NO4S/c1-19-12-5-3-10(7-13(12)20-2)8-14-16-11(9-21-14)4-6-15(17)18/h3,5,7,9H,4,6,8H2,1-2H3,(H,17,18). The predicted molar refractivity (Wildman–Crippen MR) is 80.4 cm³/mol. The first kappa shape index (κ1) is 15.3. The van der Waals surface area contributed by atoms with Crippen molar-refractivity contribution in [1.29, 1.82) is 0 Å². The molecule has 1 aromatic carbocycles. The van der Waals surface area contributed by atoms with E-state index in [9.17, 15) is 4.79 Å². The number of hydrogen-bond acceptors (Lipinski definition) is 5. The molecule has 1 heterocycles. The van der Waals surface area contributed by atoms with Crippen molar-refractivity contribution >= 4 is 17.3 Å². The lowest BCUT2D eigenvalue weighted by Crippen LogP contribution is -1.98. The van der Waals surface area contributed by atoms with Crippen molar-refractivity contribution in [3.8, 4) is 11.5 Å². The van der Waals surface area contributed by atoms with Gasteiger partial charge >= 0.3 is 5.97 Å². The largest absolute Gasteiger partial charge is 0.493 e. The molecule has 0 aliphatic carbocycles. The Morgan fingerprint density at radius 3 is 2.71 bits per heavy atom. The van der Waals surface area contributed by atoms with Crippen LogP contribution in [0.2, 0.25) is 0 Å². The first-order valence-electron chi connectivity index (χ1n) is 6.48. The van der Waals surface area contributed by atoms with Crippen LogP contribution in [0, 0.1) is 0 Å². The summed E-state index contributed by atoms with van der Waals surface area (Å²) >= 11 is 1.54. The van der Waals surface area contributed by atoms with E-state index in [0.717, 1.165) is 16.3 Å². The summed E-state index contributed by atoms with van der Waals surface area (Å²) in [6.07, 6.45) is 1.27. The molecule has 112 valence electrons. The van der Waals surface area contributed by atoms with Gasteiger partial charge in [0.25, 0.3) is 0 Å². The van der Waals surface area contributed by atoms with Gasteiger partial charge in [-0.3, -0.25) is 4.79 Å². The Bertz CT molecular complexity index is 624. The Kier molecular flexibility index (Phi) is 5.16. The fraction of sp³-hybridized carbons (Fsp3) is 0.333. The molecule has 0 aliphatic heterocycles. The highest BCUT2D eigenvalue weighted by atomic mass is 32.1. The van der Waals surface area contributed by atoms with E-state index in [0.29, 0.717) is 24.3 Å². The molecule has 0 radical (unpaired) electrons. The summed E-state index contributed by atoms with van der Waals surface area (Å²) in [6, 6.07) is 5.77. The fourth-order valence-corrected chi connectivity index (χ4v) is 2.81. The second-order valence-corrected chi connectivity index (χ2v) is 5.44. The number of thiazole rings is 1. The number of aliphatic carboxylic acids is 1. The molecule has 0 fully saturated rings. The van der Waals surface area contributed by atoms with Gasteiger partial charge in [0.2, 0.25) is 0 Å². The van der Waals surface area contributed by atoms with Crippen molar-refractivity contribution in [3.05, 3.63) is 39.8 Å². The summed E-state index contributed by atoms with van der Waals surface area (Å²) in [5.41, 5.74) is 1.91. The molecule has 1 aromatic heterocycles. The maximum atomic E-state index is 10.6. The van der Waals surface area contributed by atoms with Gasteiger partial charge in [-0.15, -0.1) is 11.3 Å². The number of carboxylic acids is 1. The van der Waals surface area contributed by atoms with Gasteiger partial charge in [-0.25, -0.2) is 4.98 Å². The number of benzene rings is 1. The van der Waals surface area contributed by atoms with Crippen molar-refractivity contribution in [1.82, 2.24) is 4.98 Å². The van der Waals surface area contributed by atoms with Crippen molar-refractivity contribution in [2.24, 2.45) is 0 Å². The summed E-state index contributed by atoms with van der Waals surface area (Å²) in [5, 5.41) is 11.6. The molecule has 0 spiro atoms. The van der Waals surface area contributed by atoms with Crippen LogP contribution in [0.5, 0.6) is 11.5 Å². The lowest BCUT2D eigenvalue weighted by molar-refractivity contribution is -0.136. The molecule has 2 rings (SSSR count).